The average Bonchev–Trinajstić information content (AvgIpc) is 2.51. The molecule has 0 aliphatic carbocycles. The fourth-order valence-corrected chi connectivity index (χ4v) is 2.00. The highest BCUT2D eigenvalue weighted by Crippen LogP contribution is 2.19. The van der Waals surface area contributed by atoms with Gasteiger partial charge < -0.3 is 10.1 Å². The maximum Gasteiger partial charge on any atom is 0.339 e. The van der Waals surface area contributed by atoms with Gasteiger partial charge in [0, 0.05) is 5.69 Å². The molecule has 0 radical (unpaired) electrons. The normalized spacial score (nSPS) is 10.3. The minimum atomic E-state index is -0.633. The lowest BCUT2D eigenvalue weighted by Gasteiger charge is -2.08. The van der Waals surface area contributed by atoms with Gasteiger partial charge in [0.1, 0.15) is 11.5 Å². The predicted octanol–water partition coefficient (Wildman–Crippen LogP) is 3.61. The van der Waals surface area contributed by atoms with Crippen molar-refractivity contribution in [1.82, 2.24) is 4.98 Å². The Balaban J connectivity index is 2.18. The van der Waals surface area contributed by atoms with Gasteiger partial charge in [0.25, 0.3) is 5.91 Å². The summed E-state index contributed by atoms with van der Waals surface area (Å²) in [6.45, 7) is 3.56. The van der Waals surface area contributed by atoms with Crippen molar-refractivity contribution in [2.45, 2.75) is 13.8 Å². The number of nitrogens with zero attached hydrogens (tertiary/aromatic N) is 1. The first-order chi connectivity index (χ1) is 10.9. The number of aryl methyl sites for hydroxylation is 1. The van der Waals surface area contributed by atoms with Crippen LogP contribution >= 0.6 is 11.6 Å². The zero-order valence-corrected chi connectivity index (χ0v) is 13.3. The van der Waals surface area contributed by atoms with E-state index in [0.717, 1.165) is 6.07 Å². The summed E-state index contributed by atoms with van der Waals surface area (Å²) < 4.78 is 18.3. The van der Waals surface area contributed by atoms with Crippen molar-refractivity contribution in [3.8, 4) is 0 Å². The molecule has 0 bridgehead atoms. The van der Waals surface area contributed by atoms with Crippen LogP contribution in [0.2, 0.25) is 5.02 Å². The van der Waals surface area contributed by atoms with Crippen molar-refractivity contribution in [2.75, 3.05) is 11.9 Å². The van der Waals surface area contributed by atoms with E-state index >= 15 is 0 Å². The minimum absolute atomic E-state index is 0.0317. The summed E-state index contributed by atoms with van der Waals surface area (Å²) in [4.78, 5) is 27.9. The van der Waals surface area contributed by atoms with Gasteiger partial charge in [-0.05, 0) is 44.2 Å². The summed E-state index contributed by atoms with van der Waals surface area (Å²) in [5, 5.41) is 2.48. The van der Waals surface area contributed by atoms with Gasteiger partial charge in [-0.3, -0.25) is 4.79 Å². The van der Waals surface area contributed by atoms with Crippen molar-refractivity contribution < 1.29 is 18.7 Å². The molecule has 2 aromatic rings. The lowest BCUT2D eigenvalue weighted by Crippen LogP contribution is -2.16. The van der Waals surface area contributed by atoms with Crippen LogP contribution in [-0.4, -0.2) is 23.5 Å². The number of esters is 1. The third-order valence-electron chi connectivity index (χ3n) is 2.99. The monoisotopic (exact) mass is 336 g/mol. The number of amides is 1. The van der Waals surface area contributed by atoms with E-state index in [9.17, 15) is 14.0 Å². The maximum absolute atomic E-state index is 13.4. The summed E-state index contributed by atoms with van der Waals surface area (Å²) in [7, 11) is 0. The molecule has 5 nitrogen and oxygen atoms in total. The molecule has 0 aliphatic heterocycles. The Morgan fingerprint density at radius 3 is 2.65 bits per heavy atom. The number of halogens is 2. The van der Waals surface area contributed by atoms with Crippen LogP contribution in [0, 0.1) is 12.7 Å². The van der Waals surface area contributed by atoms with Gasteiger partial charge in [-0.2, -0.15) is 0 Å². The second kappa shape index (κ2) is 7.19. The average molecular weight is 337 g/mol. The number of hydrogen-bond donors (Lipinski definition) is 1. The third kappa shape index (κ3) is 4.04. The van der Waals surface area contributed by atoms with E-state index < -0.39 is 17.7 Å². The first-order valence-electron chi connectivity index (χ1n) is 6.83. The maximum atomic E-state index is 13.4. The van der Waals surface area contributed by atoms with E-state index in [1.165, 1.54) is 24.3 Å². The number of rotatable bonds is 4. The number of benzene rings is 1. The lowest BCUT2D eigenvalue weighted by atomic mass is 10.2. The lowest BCUT2D eigenvalue weighted by molar-refractivity contribution is 0.0524. The summed E-state index contributed by atoms with van der Waals surface area (Å²) in [6, 6.07) is 6.80. The smallest absolute Gasteiger partial charge is 0.339 e. The topological polar surface area (TPSA) is 68.3 Å². The molecule has 1 heterocycles. The fraction of sp³-hybridized carbons (Fsp3) is 0.188. The molecule has 23 heavy (non-hydrogen) atoms. The third-order valence-corrected chi connectivity index (χ3v) is 3.30. The summed E-state index contributed by atoms with van der Waals surface area (Å²) in [5.74, 6) is -1.65. The molecule has 7 heteroatoms. The molecule has 1 amide bonds. The minimum Gasteiger partial charge on any atom is -0.462 e. The van der Waals surface area contributed by atoms with Crippen LogP contribution in [0.5, 0.6) is 0 Å². The number of carbonyl (C=O) groups is 2. The standard InChI is InChI=1S/C16H14ClFN2O3/c1-3-23-16(22)11-5-7-14(19-9(11)2)15(21)20-10-4-6-12(17)13(18)8-10/h4-8H,3H2,1-2H3,(H,20,21). The van der Waals surface area contributed by atoms with Gasteiger partial charge in [-0.25, -0.2) is 14.2 Å². The van der Waals surface area contributed by atoms with Gasteiger partial charge in [0.2, 0.25) is 0 Å². The molecule has 0 fully saturated rings. The fourth-order valence-electron chi connectivity index (χ4n) is 1.88. The van der Waals surface area contributed by atoms with E-state index in [4.69, 9.17) is 16.3 Å². The van der Waals surface area contributed by atoms with E-state index in [1.807, 2.05) is 0 Å². The summed E-state index contributed by atoms with van der Waals surface area (Å²) in [5.41, 5.74) is 1.02. The Labute approximate surface area is 137 Å². The molecule has 0 saturated carbocycles. The van der Waals surface area contributed by atoms with Crippen molar-refractivity contribution in [2.24, 2.45) is 0 Å². The number of hydrogen-bond acceptors (Lipinski definition) is 4. The molecule has 1 aromatic carbocycles. The zero-order chi connectivity index (χ0) is 17.0. The Kier molecular flexibility index (Phi) is 5.28. The number of pyridine rings is 1. The van der Waals surface area contributed by atoms with Gasteiger partial charge in [0.05, 0.1) is 22.9 Å². The van der Waals surface area contributed by atoms with Gasteiger partial charge in [-0.15, -0.1) is 0 Å². The van der Waals surface area contributed by atoms with Crippen molar-refractivity contribution in [1.29, 1.82) is 0 Å². The highest BCUT2D eigenvalue weighted by molar-refractivity contribution is 6.30. The molecular formula is C16H14ClFN2O3. The van der Waals surface area contributed by atoms with Gasteiger partial charge >= 0.3 is 5.97 Å². The number of nitrogens with one attached hydrogen (secondary N) is 1. The number of carbonyl (C=O) groups excluding carboxylic acids is 2. The zero-order valence-electron chi connectivity index (χ0n) is 12.5. The summed E-state index contributed by atoms with van der Waals surface area (Å²) >= 11 is 5.58. The SMILES string of the molecule is CCOC(=O)c1ccc(C(=O)Nc2ccc(Cl)c(F)c2)nc1C. The second-order valence-electron chi connectivity index (χ2n) is 4.63. The van der Waals surface area contributed by atoms with Crippen molar-refractivity contribution >= 4 is 29.2 Å². The van der Waals surface area contributed by atoms with E-state index in [1.54, 1.807) is 13.8 Å². The molecule has 0 saturated heterocycles. The molecule has 120 valence electrons. The molecule has 0 spiro atoms. The first kappa shape index (κ1) is 16.9. The van der Waals surface area contributed by atoms with Gasteiger partial charge in [0.15, 0.2) is 0 Å². The molecule has 1 N–H and O–H groups in total. The van der Waals surface area contributed by atoms with Crippen LogP contribution in [0.15, 0.2) is 30.3 Å². The highest BCUT2D eigenvalue weighted by atomic mass is 35.5. The van der Waals surface area contributed by atoms with Crippen LogP contribution in [0.25, 0.3) is 0 Å². The quantitative estimate of drug-likeness (QED) is 0.866. The molecule has 2 rings (SSSR count). The van der Waals surface area contributed by atoms with Crippen LogP contribution in [0.4, 0.5) is 10.1 Å². The van der Waals surface area contributed by atoms with Crippen LogP contribution in [0.3, 0.4) is 0 Å². The Morgan fingerprint density at radius 2 is 2.04 bits per heavy atom. The molecular weight excluding hydrogens is 323 g/mol. The van der Waals surface area contributed by atoms with Crippen LogP contribution in [-0.2, 0) is 4.74 Å². The number of anilines is 1. The largest absolute Gasteiger partial charge is 0.462 e. The van der Waals surface area contributed by atoms with Crippen LogP contribution < -0.4 is 5.32 Å². The first-order valence-corrected chi connectivity index (χ1v) is 7.21. The van der Waals surface area contributed by atoms with Crippen molar-refractivity contribution in [3.05, 3.63) is 58.1 Å². The highest BCUT2D eigenvalue weighted by Gasteiger charge is 2.15. The molecule has 0 unspecified atom stereocenters. The molecule has 0 aliphatic rings. The number of aromatic nitrogens is 1. The van der Waals surface area contributed by atoms with E-state index in [0.29, 0.717) is 11.3 Å². The van der Waals surface area contributed by atoms with E-state index in [2.05, 4.69) is 10.3 Å². The van der Waals surface area contributed by atoms with E-state index in [-0.39, 0.29) is 23.0 Å². The Morgan fingerprint density at radius 1 is 1.30 bits per heavy atom. The Bertz CT molecular complexity index is 765. The van der Waals surface area contributed by atoms with Crippen LogP contribution in [0.1, 0.15) is 33.5 Å². The number of ether oxygens (including phenoxy) is 1. The second-order valence-corrected chi connectivity index (χ2v) is 5.04. The van der Waals surface area contributed by atoms with Crippen molar-refractivity contribution in [3.63, 3.8) is 0 Å². The summed E-state index contributed by atoms with van der Waals surface area (Å²) in [6.07, 6.45) is 0. The molecule has 0 atom stereocenters. The van der Waals surface area contributed by atoms with Gasteiger partial charge in [-0.1, -0.05) is 11.6 Å². The Hall–Kier alpha value is -2.47. The molecule has 1 aromatic heterocycles. The predicted molar refractivity (Wildman–Crippen MR) is 84.3 cm³/mol.